The number of nitrogens with one attached hydrogen (secondary N) is 2. The van der Waals surface area contributed by atoms with E-state index in [0.717, 1.165) is 37.8 Å². The summed E-state index contributed by atoms with van der Waals surface area (Å²) >= 11 is 0. The molecule has 2 fully saturated rings. The Morgan fingerprint density at radius 3 is 2.38 bits per heavy atom. The summed E-state index contributed by atoms with van der Waals surface area (Å²) in [6.45, 7) is 3.48. The van der Waals surface area contributed by atoms with E-state index in [1.54, 1.807) is 6.20 Å². The van der Waals surface area contributed by atoms with Crippen LogP contribution in [-0.2, 0) is 17.5 Å². The van der Waals surface area contributed by atoms with Crippen molar-refractivity contribution in [3.8, 4) is 5.75 Å². The lowest BCUT2D eigenvalue weighted by molar-refractivity contribution is -0.137. The minimum atomic E-state index is -4.60. The molecule has 2 unspecified atom stereocenters. The summed E-state index contributed by atoms with van der Waals surface area (Å²) in [4.78, 5) is 36.3. The molecule has 1 aromatic carbocycles. The summed E-state index contributed by atoms with van der Waals surface area (Å²) in [5.74, 6) is 0.390. The summed E-state index contributed by atoms with van der Waals surface area (Å²) in [7, 11) is 2.77. The van der Waals surface area contributed by atoms with Crippen molar-refractivity contribution >= 4 is 29.4 Å². The molecule has 5 rings (SSSR count). The molecular weight excluding hydrogens is 525 g/mol. The molecule has 1 aliphatic heterocycles. The molecule has 2 aromatic rings. The van der Waals surface area contributed by atoms with Crippen molar-refractivity contribution in [3.05, 3.63) is 48.2 Å². The molecule has 1 aromatic heterocycles. The van der Waals surface area contributed by atoms with E-state index in [2.05, 4.69) is 27.2 Å². The van der Waals surface area contributed by atoms with Crippen LogP contribution < -0.4 is 25.2 Å². The van der Waals surface area contributed by atoms with Crippen molar-refractivity contribution in [2.24, 2.45) is 0 Å². The average molecular weight is 561 g/mol. The van der Waals surface area contributed by atoms with Gasteiger partial charge in [-0.3, -0.25) is 14.6 Å². The Hall–Kier alpha value is -3.83. The first-order chi connectivity index (χ1) is 19.1. The number of rotatable bonds is 6. The molecule has 2 N–H and O–H groups in total. The fourth-order valence-electron chi connectivity index (χ4n) is 4.74. The number of amides is 3. The zero-order chi connectivity index (χ0) is 28.9. The van der Waals surface area contributed by atoms with E-state index >= 15 is 0 Å². The third-order valence-corrected chi connectivity index (χ3v) is 7.37. The molecule has 3 amide bonds. The van der Waals surface area contributed by atoms with E-state index in [1.165, 1.54) is 61.8 Å². The van der Waals surface area contributed by atoms with E-state index in [9.17, 15) is 22.8 Å². The summed E-state index contributed by atoms with van der Waals surface area (Å²) < 4.78 is 45.2. The van der Waals surface area contributed by atoms with E-state index in [-0.39, 0.29) is 36.0 Å². The van der Waals surface area contributed by atoms with Crippen LogP contribution in [-0.4, -0.2) is 48.1 Å². The van der Waals surface area contributed by atoms with Crippen LogP contribution in [0.25, 0.3) is 0 Å². The van der Waals surface area contributed by atoms with Crippen LogP contribution in [0.1, 0.15) is 62.5 Å². The Kier molecular flexibility index (Phi) is 9.16. The average Bonchev–Trinajstić information content (AvgIpc) is 2.90. The Labute approximate surface area is 231 Å². The number of ether oxygens (including phenoxy) is 1. The minimum Gasteiger partial charge on any atom is -0.497 e. The van der Waals surface area contributed by atoms with Gasteiger partial charge in [0.25, 0.3) is 0 Å². The maximum Gasteiger partial charge on any atom is 0.416 e. The number of aromatic nitrogens is 2. The van der Waals surface area contributed by atoms with E-state index in [0.29, 0.717) is 17.3 Å². The molecule has 40 heavy (non-hydrogen) atoms. The Bertz CT molecular complexity index is 1230. The van der Waals surface area contributed by atoms with Gasteiger partial charge < -0.3 is 15.4 Å². The van der Waals surface area contributed by atoms with Gasteiger partial charge in [-0.05, 0) is 31.1 Å². The summed E-state index contributed by atoms with van der Waals surface area (Å²) in [6.07, 6.45) is 7.75. The van der Waals surface area contributed by atoms with Gasteiger partial charge >= 0.3 is 12.2 Å². The number of urea groups is 1. The molecule has 0 radical (unpaired) electrons. The first-order valence-corrected chi connectivity index (χ1v) is 13.5. The van der Waals surface area contributed by atoms with Crippen LogP contribution in [0.5, 0.6) is 5.75 Å². The van der Waals surface area contributed by atoms with Gasteiger partial charge in [0.15, 0.2) is 0 Å². The number of hydrogen-bond donors (Lipinski definition) is 2. The van der Waals surface area contributed by atoms with Crippen LogP contribution >= 0.6 is 0 Å². The van der Waals surface area contributed by atoms with Crippen LogP contribution in [0.15, 0.2) is 37.1 Å². The van der Waals surface area contributed by atoms with E-state index in [4.69, 9.17) is 4.74 Å². The normalized spacial score (nSPS) is 20.4. The van der Waals surface area contributed by atoms with Gasteiger partial charge in [0.1, 0.15) is 11.6 Å². The fraction of sp³-hybridized carbons (Fsp3) is 0.500. The zero-order valence-electron chi connectivity index (χ0n) is 22.8. The molecule has 216 valence electrons. The number of benzene rings is 1. The predicted molar refractivity (Wildman–Crippen MR) is 146 cm³/mol. The maximum atomic E-state index is 13.4. The quantitative estimate of drug-likeness (QED) is 0.442. The second-order valence-electron chi connectivity index (χ2n) is 10.2. The number of carbonyl (C=O) groups is 2. The third kappa shape index (κ3) is 6.83. The topological polar surface area (TPSA) is 99.7 Å². The van der Waals surface area contributed by atoms with Gasteiger partial charge in [-0.1, -0.05) is 45.1 Å². The molecule has 0 spiro atoms. The lowest BCUT2D eigenvalue weighted by atomic mass is 9.90. The lowest BCUT2D eigenvalue weighted by Gasteiger charge is -2.35. The number of alkyl halides is 3. The highest BCUT2D eigenvalue weighted by Gasteiger charge is 2.35. The number of nitrogens with zero attached hydrogens (tertiary/aromatic N) is 4. The minimum absolute atomic E-state index is 0.00923. The van der Waals surface area contributed by atoms with Gasteiger partial charge in [-0.2, -0.15) is 18.2 Å². The monoisotopic (exact) mass is 560 g/mol. The van der Waals surface area contributed by atoms with Crippen molar-refractivity contribution in [2.45, 2.75) is 76.2 Å². The van der Waals surface area contributed by atoms with E-state index < -0.39 is 17.8 Å². The molecule has 2 atom stereocenters. The summed E-state index contributed by atoms with van der Waals surface area (Å²) in [5, 5.41) is 6.19. The Morgan fingerprint density at radius 1 is 1.10 bits per heavy atom. The van der Waals surface area contributed by atoms with Gasteiger partial charge in [-0.15, -0.1) is 0 Å². The highest BCUT2D eigenvalue weighted by molar-refractivity contribution is 6.05. The first-order valence-electron chi connectivity index (χ1n) is 13.5. The second-order valence-corrected chi connectivity index (χ2v) is 10.2. The van der Waals surface area contributed by atoms with Crippen LogP contribution in [0.4, 0.5) is 35.4 Å². The smallest absolute Gasteiger partial charge is 0.416 e. The van der Waals surface area contributed by atoms with Crippen LogP contribution in [0.3, 0.4) is 0 Å². The SMILES string of the molecule is C1CCC1.C=CC(=O)NC1CCCCC1Nc1ncc2c(n1)N(C)C(=O)N(c1cc(OC)cc(C(F)(F)F)c1)C2. The Morgan fingerprint density at radius 2 is 1.77 bits per heavy atom. The number of anilines is 3. The first kappa shape index (κ1) is 29.2. The lowest BCUT2D eigenvalue weighted by Crippen LogP contribution is -2.48. The molecule has 9 nitrogen and oxygen atoms in total. The molecule has 12 heteroatoms. The number of halogens is 3. The molecule has 0 bridgehead atoms. The van der Waals surface area contributed by atoms with Crippen LogP contribution in [0, 0.1) is 0 Å². The highest BCUT2D eigenvalue weighted by Crippen LogP contribution is 2.37. The van der Waals surface area contributed by atoms with Crippen molar-refractivity contribution in [3.63, 3.8) is 0 Å². The summed E-state index contributed by atoms with van der Waals surface area (Å²) in [6, 6.07) is 2.42. The van der Waals surface area contributed by atoms with Gasteiger partial charge in [0.05, 0.1) is 24.9 Å². The van der Waals surface area contributed by atoms with Crippen molar-refractivity contribution < 1.29 is 27.5 Å². The van der Waals surface area contributed by atoms with Gasteiger partial charge in [0, 0.05) is 37.0 Å². The van der Waals surface area contributed by atoms with Crippen molar-refractivity contribution in [1.82, 2.24) is 15.3 Å². The predicted octanol–water partition coefficient (Wildman–Crippen LogP) is 5.67. The van der Waals surface area contributed by atoms with E-state index in [1.807, 2.05) is 0 Å². The standard InChI is InChI=1S/C24H27F3N6O3.C4H8/c1-4-20(34)29-18-7-5-6-8-19(18)30-22-28-12-14-13-33(23(35)32(2)21(14)31-22)16-9-15(24(25,26)27)10-17(11-16)36-3;1-2-4-3-1/h4,9-12,18-19H,1,5-8,13H2,2-3H3,(H,29,34)(H,28,30,31);1-4H2. The molecule has 2 aliphatic carbocycles. The maximum absolute atomic E-state index is 13.4. The number of fused-ring (bicyclic) bond motifs is 1. The highest BCUT2D eigenvalue weighted by atomic mass is 19.4. The molecule has 0 saturated heterocycles. The molecule has 2 saturated carbocycles. The van der Waals surface area contributed by atoms with Crippen molar-refractivity contribution in [1.29, 1.82) is 0 Å². The molecular formula is C28H35F3N6O3. The fourth-order valence-corrected chi connectivity index (χ4v) is 4.74. The summed E-state index contributed by atoms with van der Waals surface area (Å²) in [5.41, 5.74) is -0.298. The Balaban J connectivity index is 0.000000848. The number of hydrogen-bond acceptors (Lipinski definition) is 6. The number of carbonyl (C=O) groups excluding carboxylic acids is 2. The van der Waals surface area contributed by atoms with Crippen LogP contribution in [0.2, 0.25) is 0 Å². The largest absolute Gasteiger partial charge is 0.497 e. The molecule has 3 aliphatic rings. The third-order valence-electron chi connectivity index (χ3n) is 7.37. The van der Waals surface area contributed by atoms with Gasteiger partial charge in [0.2, 0.25) is 11.9 Å². The van der Waals surface area contributed by atoms with Crippen molar-refractivity contribution in [2.75, 3.05) is 29.3 Å². The van der Waals surface area contributed by atoms with Gasteiger partial charge in [-0.25, -0.2) is 9.78 Å². The molecule has 2 heterocycles. The second kappa shape index (κ2) is 12.6. The zero-order valence-corrected chi connectivity index (χ0v) is 22.8. The number of methoxy groups -OCH3 is 1.